The predicted molar refractivity (Wildman–Crippen MR) is 109 cm³/mol. The molecule has 2 heterocycles. The average molecular weight is 397 g/mol. The molecule has 7 heteroatoms. The van der Waals surface area contributed by atoms with Crippen LogP contribution in [0.2, 0.25) is 0 Å². The first-order valence-corrected chi connectivity index (χ1v) is 9.69. The van der Waals surface area contributed by atoms with Crippen molar-refractivity contribution in [3.63, 3.8) is 0 Å². The molecule has 29 heavy (non-hydrogen) atoms. The van der Waals surface area contributed by atoms with Crippen molar-refractivity contribution in [2.24, 2.45) is 11.1 Å². The number of amides is 1. The van der Waals surface area contributed by atoms with E-state index in [1.807, 2.05) is 11.0 Å². The highest BCUT2D eigenvalue weighted by molar-refractivity contribution is 5.85. The van der Waals surface area contributed by atoms with Gasteiger partial charge in [0.05, 0.1) is 30.4 Å². The summed E-state index contributed by atoms with van der Waals surface area (Å²) in [4.78, 5) is 25.6. The number of aldehydes is 1. The first-order chi connectivity index (χ1) is 13.9. The number of morpholine rings is 1. The van der Waals surface area contributed by atoms with E-state index in [1.165, 1.54) is 6.07 Å². The molecule has 2 aliphatic heterocycles. The van der Waals surface area contributed by atoms with Gasteiger partial charge < -0.3 is 20.7 Å². The van der Waals surface area contributed by atoms with E-state index in [1.54, 1.807) is 31.2 Å². The zero-order valence-electron chi connectivity index (χ0n) is 16.3. The molecular weight excluding hydrogens is 373 g/mol. The second-order valence-electron chi connectivity index (χ2n) is 7.88. The third-order valence-electron chi connectivity index (χ3n) is 5.98. The van der Waals surface area contributed by atoms with Crippen LogP contribution in [0.4, 0.5) is 15.8 Å². The topological polar surface area (TPSA) is 84.7 Å². The Morgan fingerprint density at radius 2 is 2.03 bits per heavy atom. The Labute approximate surface area is 168 Å². The van der Waals surface area contributed by atoms with Crippen molar-refractivity contribution in [2.75, 3.05) is 36.5 Å². The van der Waals surface area contributed by atoms with Crippen LogP contribution in [0.5, 0.6) is 0 Å². The van der Waals surface area contributed by atoms with Crippen LogP contribution in [0.15, 0.2) is 36.4 Å². The fourth-order valence-corrected chi connectivity index (χ4v) is 4.22. The molecular formula is C22H24FN3O3. The third kappa shape index (κ3) is 3.46. The summed E-state index contributed by atoms with van der Waals surface area (Å²) in [6, 6.07) is 9.85. The van der Waals surface area contributed by atoms with Gasteiger partial charge in [-0.3, -0.25) is 9.59 Å². The summed E-state index contributed by atoms with van der Waals surface area (Å²) in [6.45, 7) is 4.14. The van der Waals surface area contributed by atoms with Crippen LogP contribution < -0.4 is 16.0 Å². The highest BCUT2D eigenvalue weighted by Gasteiger charge is 2.44. The quantitative estimate of drug-likeness (QED) is 0.775. The molecule has 1 fully saturated rings. The molecule has 0 aliphatic carbocycles. The predicted octanol–water partition coefficient (Wildman–Crippen LogP) is 2.68. The number of carbonyl (C=O) groups excluding carboxylic acids is 2. The largest absolute Gasteiger partial charge is 0.378 e. The molecule has 0 spiro atoms. The molecule has 2 aromatic carbocycles. The van der Waals surface area contributed by atoms with Crippen molar-refractivity contribution in [3.8, 4) is 0 Å². The Kier molecular flexibility index (Phi) is 5.00. The molecule has 2 unspecified atom stereocenters. The average Bonchev–Trinajstić information content (AvgIpc) is 2.74. The zero-order chi connectivity index (χ0) is 20.6. The number of nitrogens with two attached hydrogens (primary N) is 1. The van der Waals surface area contributed by atoms with E-state index in [2.05, 4.69) is 5.32 Å². The van der Waals surface area contributed by atoms with E-state index < -0.39 is 17.4 Å². The number of nitrogens with one attached hydrogen (secondary N) is 1. The number of ether oxygens (including phenoxy) is 1. The van der Waals surface area contributed by atoms with E-state index in [0.29, 0.717) is 44.0 Å². The first kappa shape index (κ1) is 19.4. The van der Waals surface area contributed by atoms with Crippen molar-refractivity contribution >= 4 is 23.6 Å². The minimum Gasteiger partial charge on any atom is -0.378 e. The number of hydrogen-bond acceptors (Lipinski definition) is 5. The molecule has 0 radical (unpaired) electrons. The lowest BCUT2D eigenvalue weighted by atomic mass is 9.70. The molecule has 3 N–H and O–H groups in total. The Morgan fingerprint density at radius 3 is 2.72 bits per heavy atom. The number of hydrogen-bond donors (Lipinski definition) is 2. The summed E-state index contributed by atoms with van der Waals surface area (Å²) in [6.07, 6.45) is 1.17. The van der Waals surface area contributed by atoms with Crippen molar-refractivity contribution in [1.82, 2.24) is 0 Å². The van der Waals surface area contributed by atoms with Gasteiger partial charge in [-0.1, -0.05) is 6.07 Å². The maximum Gasteiger partial charge on any atom is 0.226 e. The number of anilines is 2. The van der Waals surface area contributed by atoms with Crippen LogP contribution in [0.3, 0.4) is 0 Å². The summed E-state index contributed by atoms with van der Waals surface area (Å²) >= 11 is 0. The molecule has 4 rings (SSSR count). The van der Waals surface area contributed by atoms with Gasteiger partial charge in [0.2, 0.25) is 5.91 Å². The van der Waals surface area contributed by atoms with Gasteiger partial charge in [0, 0.05) is 24.3 Å². The molecule has 6 nitrogen and oxygen atoms in total. The Balaban J connectivity index is 1.75. The number of nitrogens with zero attached hydrogens (tertiary/aromatic N) is 1. The van der Waals surface area contributed by atoms with Crippen molar-refractivity contribution in [2.45, 2.75) is 19.4 Å². The minimum atomic E-state index is -0.936. The second-order valence-corrected chi connectivity index (χ2v) is 7.88. The monoisotopic (exact) mass is 397 g/mol. The number of halogens is 1. The minimum absolute atomic E-state index is 0.303. The molecule has 0 saturated carbocycles. The number of rotatable bonds is 4. The standard InChI is InChI=1S/C22H24FN3O3/c1-22(21(24)28)12-16-10-14(13-27)2-5-18(16)25-20(22)15-3-4-17(23)19(11-15)26-6-8-29-9-7-26/h2-5,10-11,13,20,25H,6-9,12H2,1H3,(H2,24,28). The summed E-state index contributed by atoms with van der Waals surface area (Å²) in [5.41, 5.74) is 8.43. The zero-order valence-corrected chi connectivity index (χ0v) is 16.3. The van der Waals surface area contributed by atoms with Crippen molar-refractivity contribution < 1.29 is 18.7 Å². The molecule has 0 bridgehead atoms. The van der Waals surface area contributed by atoms with Gasteiger partial charge >= 0.3 is 0 Å². The fourth-order valence-electron chi connectivity index (χ4n) is 4.22. The Bertz CT molecular complexity index is 958. The Morgan fingerprint density at radius 1 is 1.28 bits per heavy atom. The van der Waals surface area contributed by atoms with E-state index >= 15 is 0 Å². The highest BCUT2D eigenvalue weighted by Crippen LogP contribution is 2.46. The van der Waals surface area contributed by atoms with Crippen molar-refractivity contribution in [3.05, 3.63) is 58.9 Å². The third-order valence-corrected chi connectivity index (χ3v) is 5.98. The molecule has 1 amide bonds. The van der Waals surface area contributed by atoms with Crippen molar-refractivity contribution in [1.29, 1.82) is 0 Å². The lowest BCUT2D eigenvalue weighted by molar-refractivity contribution is -0.127. The summed E-state index contributed by atoms with van der Waals surface area (Å²) < 4.78 is 19.9. The number of benzene rings is 2. The van der Waals surface area contributed by atoms with Crippen LogP contribution in [-0.4, -0.2) is 38.5 Å². The second kappa shape index (κ2) is 7.48. The molecule has 2 aromatic rings. The van der Waals surface area contributed by atoms with Gasteiger partial charge in [0.1, 0.15) is 12.1 Å². The van der Waals surface area contributed by atoms with Gasteiger partial charge in [-0.15, -0.1) is 0 Å². The molecule has 152 valence electrons. The Hall–Kier alpha value is -2.93. The first-order valence-electron chi connectivity index (χ1n) is 9.69. The maximum absolute atomic E-state index is 14.6. The molecule has 0 aromatic heterocycles. The van der Waals surface area contributed by atoms with E-state index in [9.17, 15) is 14.0 Å². The van der Waals surface area contributed by atoms with Gasteiger partial charge in [0.25, 0.3) is 0 Å². The van der Waals surface area contributed by atoms with Gasteiger partial charge in [-0.2, -0.15) is 0 Å². The van der Waals surface area contributed by atoms with Gasteiger partial charge in [-0.25, -0.2) is 4.39 Å². The van der Waals surface area contributed by atoms with Crippen LogP contribution in [-0.2, 0) is 16.0 Å². The number of carbonyl (C=O) groups is 2. The van der Waals surface area contributed by atoms with Crippen LogP contribution in [0, 0.1) is 11.2 Å². The SMILES string of the molecule is CC1(C(N)=O)Cc2cc(C=O)ccc2NC1c1ccc(F)c(N2CCOCC2)c1. The van der Waals surface area contributed by atoms with Crippen LogP contribution in [0.25, 0.3) is 0 Å². The molecule has 2 aliphatic rings. The smallest absolute Gasteiger partial charge is 0.226 e. The number of fused-ring (bicyclic) bond motifs is 1. The van der Waals surface area contributed by atoms with E-state index in [0.717, 1.165) is 23.1 Å². The van der Waals surface area contributed by atoms with Gasteiger partial charge in [0.15, 0.2) is 0 Å². The van der Waals surface area contributed by atoms with E-state index in [4.69, 9.17) is 10.5 Å². The maximum atomic E-state index is 14.6. The van der Waals surface area contributed by atoms with Crippen LogP contribution in [0.1, 0.15) is 34.5 Å². The van der Waals surface area contributed by atoms with Gasteiger partial charge in [-0.05, 0) is 54.8 Å². The van der Waals surface area contributed by atoms with E-state index in [-0.39, 0.29) is 5.82 Å². The molecule has 1 saturated heterocycles. The summed E-state index contributed by atoms with van der Waals surface area (Å²) in [5, 5.41) is 3.40. The fraction of sp³-hybridized carbons (Fsp3) is 0.364. The summed E-state index contributed by atoms with van der Waals surface area (Å²) in [7, 11) is 0. The normalized spacial score (nSPS) is 23.8. The lowest BCUT2D eigenvalue weighted by Crippen LogP contribution is -2.47. The lowest BCUT2D eigenvalue weighted by Gasteiger charge is -2.42. The summed E-state index contributed by atoms with van der Waals surface area (Å²) in [5.74, 6) is -0.752. The number of primary amides is 1. The highest BCUT2D eigenvalue weighted by atomic mass is 19.1. The molecule has 2 atom stereocenters. The van der Waals surface area contributed by atoms with Crippen LogP contribution >= 0.6 is 0 Å².